The summed E-state index contributed by atoms with van der Waals surface area (Å²) in [6.07, 6.45) is 7.43. The lowest BCUT2D eigenvalue weighted by molar-refractivity contribution is 0.283. The molecule has 0 saturated carbocycles. The number of aliphatic hydroxyl groups excluding tert-OH is 1. The van der Waals surface area contributed by atoms with E-state index in [-0.39, 0.29) is 12.7 Å². The molecular formula is C10H18O. The van der Waals surface area contributed by atoms with E-state index in [1.54, 1.807) is 13.0 Å². The summed E-state index contributed by atoms with van der Waals surface area (Å²) in [6.45, 7) is 1.87. The van der Waals surface area contributed by atoms with E-state index < -0.39 is 0 Å². The molecule has 0 aliphatic heterocycles. The molecule has 0 aromatic carbocycles. The third kappa shape index (κ3) is 9.44. The zero-order valence-corrected chi connectivity index (χ0v) is 7.14. The molecule has 0 radical (unpaired) electrons. The maximum Gasteiger partial charge on any atom is 0.0619 e. The topological polar surface area (TPSA) is 20.2 Å². The third-order valence-corrected chi connectivity index (χ3v) is 1.37. The van der Waals surface area contributed by atoms with Gasteiger partial charge in [0.25, 0.3) is 0 Å². The first-order valence-corrected chi connectivity index (χ1v) is 4.10. The molecule has 0 fully saturated rings. The Balaban J connectivity index is 3.47. The fraction of sp³-hybridized carbons (Fsp3) is 0.600. The van der Waals surface area contributed by atoms with Crippen molar-refractivity contribution in [2.24, 2.45) is 0 Å². The van der Waals surface area contributed by atoms with Crippen LogP contribution in [0.4, 0.5) is 0 Å². The molecule has 0 aliphatic carbocycles. The van der Waals surface area contributed by atoms with Crippen molar-refractivity contribution in [3.8, 4) is 0 Å². The van der Waals surface area contributed by atoms with Crippen LogP contribution in [0.1, 0.15) is 35.3 Å². The summed E-state index contributed by atoms with van der Waals surface area (Å²) in [6, 6.07) is 0.578. The summed E-state index contributed by atoms with van der Waals surface area (Å²) in [4.78, 5) is 0. The molecule has 0 rings (SSSR count). The quantitative estimate of drug-likeness (QED) is 0.463. The van der Waals surface area contributed by atoms with Crippen LogP contribution in [-0.4, -0.2) is 11.7 Å². The van der Waals surface area contributed by atoms with Gasteiger partial charge in [0.2, 0.25) is 0 Å². The van der Waals surface area contributed by atoms with Crippen molar-refractivity contribution < 1.29 is 7.85 Å². The number of allylic oxidation sites excluding steroid dienone is 4. The van der Waals surface area contributed by atoms with Crippen LogP contribution >= 0.6 is 0 Å². The molecule has 0 aliphatic rings. The van der Waals surface area contributed by atoms with Crippen molar-refractivity contribution in [2.75, 3.05) is 6.61 Å². The summed E-state index contributed by atoms with van der Waals surface area (Å²) in [5.74, 6) is 0. The smallest absolute Gasteiger partial charge is 0.0619 e. The van der Waals surface area contributed by atoms with Crippen molar-refractivity contribution in [1.29, 1.82) is 0 Å². The average Bonchev–Trinajstić information content (AvgIpc) is 2.10. The van der Waals surface area contributed by atoms with Crippen molar-refractivity contribution in [1.82, 2.24) is 0 Å². The van der Waals surface area contributed by atoms with Gasteiger partial charge in [0.15, 0.2) is 0 Å². The van der Waals surface area contributed by atoms with Crippen LogP contribution in [0.3, 0.4) is 0 Å². The predicted octanol–water partition coefficient (Wildman–Crippen LogP) is 2.67. The SMILES string of the molecule is [2H]/C(C)=C([2H])\C=C/CCCCCO. The monoisotopic (exact) mass is 156 g/mol. The van der Waals surface area contributed by atoms with Crippen LogP contribution in [0, 0.1) is 0 Å². The molecule has 11 heavy (non-hydrogen) atoms. The minimum atomic E-state index is 0.263. The molecule has 64 valence electrons. The largest absolute Gasteiger partial charge is 0.396 e. The van der Waals surface area contributed by atoms with Crippen LogP contribution in [0.15, 0.2) is 24.3 Å². The molecule has 0 aromatic heterocycles. The first kappa shape index (κ1) is 7.11. The summed E-state index contributed by atoms with van der Waals surface area (Å²) in [7, 11) is 0. The number of unbranched alkanes of at least 4 members (excludes halogenated alkanes) is 3. The standard InChI is InChI=1S/C10H18O/c1-2-3-4-5-6-7-8-9-10-11/h2-5,11H,6-10H2,1H3/b3-2+,5-4-/i2D,3D. The Labute approximate surface area is 72.2 Å². The van der Waals surface area contributed by atoms with Gasteiger partial charge >= 0.3 is 0 Å². The minimum Gasteiger partial charge on any atom is -0.396 e. The molecule has 1 heteroatoms. The Bertz CT molecular complexity index is 181. The van der Waals surface area contributed by atoms with Crippen molar-refractivity contribution in [2.45, 2.75) is 32.6 Å². The summed E-state index contributed by atoms with van der Waals surface area (Å²) >= 11 is 0. The van der Waals surface area contributed by atoms with Gasteiger partial charge in [-0.1, -0.05) is 30.7 Å². The molecule has 0 amide bonds. The van der Waals surface area contributed by atoms with Crippen LogP contribution in [0.2, 0.25) is 0 Å². The Morgan fingerprint density at radius 1 is 1.36 bits per heavy atom. The number of aliphatic hydroxyl groups is 1. The molecule has 0 heterocycles. The lowest BCUT2D eigenvalue weighted by Crippen LogP contribution is -1.81. The highest BCUT2D eigenvalue weighted by atomic mass is 16.2. The molecule has 0 bridgehead atoms. The second-order valence-electron chi connectivity index (χ2n) is 2.37. The zero-order chi connectivity index (χ0) is 10.1. The van der Waals surface area contributed by atoms with E-state index in [9.17, 15) is 0 Å². The van der Waals surface area contributed by atoms with Gasteiger partial charge in [-0.2, -0.15) is 0 Å². The zero-order valence-electron chi connectivity index (χ0n) is 9.14. The van der Waals surface area contributed by atoms with Gasteiger partial charge in [-0.05, 0) is 26.2 Å². The van der Waals surface area contributed by atoms with Gasteiger partial charge in [-0.25, -0.2) is 0 Å². The van der Waals surface area contributed by atoms with E-state index in [2.05, 4.69) is 0 Å². The molecule has 0 atom stereocenters. The first-order valence-electron chi connectivity index (χ1n) is 5.10. The minimum absolute atomic E-state index is 0.263. The highest BCUT2D eigenvalue weighted by Gasteiger charge is 1.83. The molecular weight excluding hydrogens is 136 g/mol. The Morgan fingerprint density at radius 2 is 2.18 bits per heavy atom. The Morgan fingerprint density at radius 3 is 2.82 bits per heavy atom. The fourth-order valence-electron chi connectivity index (χ4n) is 0.776. The van der Waals surface area contributed by atoms with E-state index in [1.807, 2.05) is 6.08 Å². The molecule has 0 saturated heterocycles. The van der Waals surface area contributed by atoms with E-state index >= 15 is 0 Å². The lowest BCUT2D eigenvalue weighted by atomic mass is 10.2. The fourth-order valence-corrected chi connectivity index (χ4v) is 0.776. The predicted molar refractivity (Wildman–Crippen MR) is 49.5 cm³/mol. The van der Waals surface area contributed by atoms with Gasteiger partial charge in [0, 0.05) is 6.61 Å². The van der Waals surface area contributed by atoms with Gasteiger partial charge in [-0.15, -0.1) is 0 Å². The van der Waals surface area contributed by atoms with E-state index in [1.165, 1.54) is 0 Å². The van der Waals surface area contributed by atoms with Gasteiger partial charge < -0.3 is 5.11 Å². The van der Waals surface area contributed by atoms with Gasteiger partial charge in [0.1, 0.15) is 0 Å². The Hall–Kier alpha value is -0.560. The summed E-state index contributed by atoms with van der Waals surface area (Å²) in [5, 5.41) is 8.50. The van der Waals surface area contributed by atoms with Crippen molar-refractivity contribution in [3.63, 3.8) is 0 Å². The maximum absolute atomic E-state index is 8.50. The van der Waals surface area contributed by atoms with Crippen molar-refractivity contribution in [3.05, 3.63) is 24.3 Å². The highest BCUT2D eigenvalue weighted by molar-refractivity contribution is 5.00. The number of rotatable bonds is 6. The molecule has 0 spiro atoms. The van der Waals surface area contributed by atoms with E-state index in [0.717, 1.165) is 25.7 Å². The second kappa shape index (κ2) is 9.44. The van der Waals surface area contributed by atoms with E-state index in [4.69, 9.17) is 7.85 Å². The van der Waals surface area contributed by atoms with Gasteiger partial charge in [0.05, 0.1) is 2.74 Å². The molecule has 0 aromatic rings. The average molecular weight is 156 g/mol. The Kier molecular flexibility index (Phi) is 6.10. The molecule has 0 unspecified atom stereocenters. The summed E-state index contributed by atoms with van der Waals surface area (Å²) in [5.41, 5.74) is 0. The maximum atomic E-state index is 8.50. The van der Waals surface area contributed by atoms with E-state index in [0.29, 0.717) is 6.05 Å². The van der Waals surface area contributed by atoms with Crippen LogP contribution in [0.25, 0.3) is 0 Å². The second-order valence-corrected chi connectivity index (χ2v) is 2.37. The van der Waals surface area contributed by atoms with Crippen LogP contribution in [0.5, 0.6) is 0 Å². The van der Waals surface area contributed by atoms with Crippen LogP contribution < -0.4 is 0 Å². The molecule has 1 N–H and O–H groups in total. The van der Waals surface area contributed by atoms with Gasteiger partial charge in [-0.3, -0.25) is 0 Å². The van der Waals surface area contributed by atoms with Crippen LogP contribution in [-0.2, 0) is 0 Å². The normalized spacial score (nSPS) is 16.2. The first-order chi connectivity index (χ1) is 6.18. The third-order valence-electron chi connectivity index (χ3n) is 1.37. The number of hydrogen-bond acceptors (Lipinski definition) is 1. The van der Waals surface area contributed by atoms with Crippen molar-refractivity contribution >= 4 is 0 Å². The number of hydrogen-bond donors (Lipinski definition) is 1. The molecule has 1 nitrogen and oxygen atoms in total. The highest BCUT2D eigenvalue weighted by Crippen LogP contribution is 1.99. The summed E-state index contributed by atoms with van der Waals surface area (Å²) < 4.78 is 14.4. The lowest BCUT2D eigenvalue weighted by Gasteiger charge is -1.92.